The van der Waals surface area contributed by atoms with Crippen molar-refractivity contribution in [2.75, 3.05) is 44.2 Å². The normalized spacial score (nSPS) is 28.6. The highest BCUT2D eigenvalue weighted by molar-refractivity contribution is 9.10. The van der Waals surface area contributed by atoms with E-state index in [9.17, 15) is 8.78 Å². The second-order valence-electron chi connectivity index (χ2n) is 10.6. The summed E-state index contributed by atoms with van der Waals surface area (Å²) in [6.45, 7) is 4.16. The Morgan fingerprint density at radius 3 is 2.52 bits per heavy atom. The fourth-order valence-corrected chi connectivity index (χ4v) is 6.27. The smallest absolute Gasteiger partial charge is 0.319 e. The zero-order valence-electron chi connectivity index (χ0n) is 18.5. The van der Waals surface area contributed by atoms with E-state index in [1.807, 2.05) is 0 Å². The predicted octanol–water partition coefficient (Wildman–Crippen LogP) is 5.11. The third-order valence-corrected chi connectivity index (χ3v) is 8.66. The molecule has 33 heavy (non-hydrogen) atoms. The van der Waals surface area contributed by atoms with Gasteiger partial charge in [0.1, 0.15) is 23.3 Å². The van der Waals surface area contributed by atoms with E-state index in [4.69, 9.17) is 4.74 Å². The Balaban J connectivity index is 1.29. The fourth-order valence-electron chi connectivity index (χ4n) is 5.97. The van der Waals surface area contributed by atoms with Crippen LogP contribution in [-0.2, 0) is 0 Å². The minimum atomic E-state index is -0.741. The molecule has 2 aliphatic heterocycles. The second kappa shape index (κ2) is 8.26. The van der Waals surface area contributed by atoms with E-state index in [2.05, 4.69) is 35.7 Å². The van der Waals surface area contributed by atoms with E-state index >= 15 is 4.39 Å². The van der Waals surface area contributed by atoms with Crippen LogP contribution in [0.3, 0.4) is 0 Å². The van der Waals surface area contributed by atoms with E-state index < -0.39 is 17.8 Å². The number of alkyl halides is 1. The molecule has 5 nitrogen and oxygen atoms in total. The molecular formula is C24H28BrF3N4O. The molecule has 4 aliphatic rings. The summed E-state index contributed by atoms with van der Waals surface area (Å²) < 4.78 is 48.9. The number of likely N-dealkylation sites (tertiary alicyclic amines) is 1. The molecule has 0 spiro atoms. The van der Waals surface area contributed by atoms with Crippen molar-refractivity contribution in [2.45, 2.75) is 44.7 Å². The van der Waals surface area contributed by atoms with Crippen LogP contribution in [0.4, 0.5) is 19.0 Å². The monoisotopic (exact) mass is 524 g/mol. The summed E-state index contributed by atoms with van der Waals surface area (Å²) in [6.07, 6.45) is 5.49. The largest absolute Gasteiger partial charge is 0.463 e. The molecule has 2 aliphatic carbocycles. The lowest BCUT2D eigenvalue weighted by molar-refractivity contribution is 0.165. The molecule has 2 saturated heterocycles. The van der Waals surface area contributed by atoms with Crippen molar-refractivity contribution < 1.29 is 17.9 Å². The number of piperidine rings is 1. The molecule has 178 valence electrons. The molecule has 0 N–H and O–H groups in total. The maximum atomic E-state index is 15.1. The maximum absolute atomic E-state index is 15.1. The Morgan fingerprint density at radius 1 is 1.09 bits per heavy atom. The van der Waals surface area contributed by atoms with Gasteiger partial charge in [0.15, 0.2) is 5.82 Å². The molecule has 1 aromatic carbocycles. The van der Waals surface area contributed by atoms with E-state index in [0.717, 1.165) is 39.0 Å². The number of ether oxygens (including phenoxy) is 1. The highest BCUT2D eigenvalue weighted by Crippen LogP contribution is 2.47. The van der Waals surface area contributed by atoms with Gasteiger partial charge in [0.2, 0.25) is 0 Å². The van der Waals surface area contributed by atoms with Crippen molar-refractivity contribution in [1.82, 2.24) is 14.9 Å². The van der Waals surface area contributed by atoms with Crippen molar-refractivity contribution in [1.29, 1.82) is 0 Å². The first-order chi connectivity index (χ1) is 15.9. The molecule has 2 saturated carbocycles. The molecule has 4 fully saturated rings. The summed E-state index contributed by atoms with van der Waals surface area (Å²) >= 11 is 3.01. The standard InChI is InChI=1S/C24H28BrF3N4O/c25-19-18(27)8-17-21(20(19)28)29-23(30-22(17)32-9-14-1-2-15(7-14)10-32)33-13-24(4-5-24)12-31-6-3-16(26)11-31/h8,14-16H,1-7,9-13H2/t14?,15?,16-/m1/s1. The second-order valence-corrected chi connectivity index (χ2v) is 11.4. The first-order valence-corrected chi connectivity index (χ1v) is 12.8. The summed E-state index contributed by atoms with van der Waals surface area (Å²) in [5.41, 5.74) is 0.0557. The summed E-state index contributed by atoms with van der Waals surface area (Å²) in [7, 11) is 0. The fraction of sp³-hybridized carbons (Fsp3) is 0.667. The SMILES string of the molecule is Fc1cc2c(N3CC4CCC(C4)C3)nc(OCC3(CN4CC[C@@H](F)C4)CC3)nc2c(F)c1Br. The van der Waals surface area contributed by atoms with Crippen LogP contribution in [0.5, 0.6) is 6.01 Å². The van der Waals surface area contributed by atoms with Crippen LogP contribution >= 0.6 is 15.9 Å². The Bertz CT molecular complexity index is 1070. The Kier molecular flexibility index (Phi) is 5.48. The van der Waals surface area contributed by atoms with E-state index in [1.54, 1.807) is 0 Å². The lowest BCUT2D eigenvalue weighted by Gasteiger charge is -2.33. The number of rotatable bonds is 6. The molecule has 9 heteroatoms. The Morgan fingerprint density at radius 2 is 1.85 bits per heavy atom. The van der Waals surface area contributed by atoms with E-state index in [0.29, 0.717) is 42.6 Å². The molecule has 0 amide bonds. The van der Waals surface area contributed by atoms with Gasteiger partial charge in [-0.1, -0.05) is 0 Å². The van der Waals surface area contributed by atoms with Gasteiger partial charge in [-0.15, -0.1) is 0 Å². The summed E-state index contributed by atoms with van der Waals surface area (Å²) in [6, 6.07) is 1.45. The number of hydrogen-bond acceptors (Lipinski definition) is 5. The molecular weight excluding hydrogens is 497 g/mol. The molecule has 2 aromatic rings. The van der Waals surface area contributed by atoms with Crippen molar-refractivity contribution in [3.8, 4) is 6.01 Å². The van der Waals surface area contributed by atoms with Gasteiger partial charge in [-0.2, -0.15) is 9.97 Å². The molecule has 2 bridgehead atoms. The zero-order chi connectivity index (χ0) is 22.7. The van der Waals surface area contributed by atoms with Crippen LogP contribution in [0.25, 0.3) is 10.9 Å². The van der Waals surface area contributed by atoms with Crippen LogP contribution in [0.15, 0.2) is 10.5 Å². The van der Waals surface area contributed by atoms with Crippen molar-refractivity contribution in [3.05, 3.63) is 22.2 Å². The molecule has 0 radical (unpaired) electrons. The lowest BCUT2D eigenvalue weighted by atomic mass is 9.98. The molecule has 2 unspecified atom stereocenters. The van der Waals surface area contributed by atoms with Gasteiger partial charge < -0.3 is 9.64 Å². The number of benzene rings is 1. The van der Waals surface area contributed by atoms with Gasteiger partial charge in [0.05, 0.1) is 11.1 Å². The summed E-state index contributed by atoms with van der Waals surface area (Å²) in [5.74, 6) is 0.357. The number of aromatic nitrogens is 2. The van der Waals surface area contributed by atoms with Crippen molar-refractivity contribution in [2.24, 2.45) is 17.3 Å². The van der Waals surface area contributed by atoms with Crippen LogP contribution in [0, 0.1) is 28.9 Å². The van der Waals surface area contributed by atoms with Crippen molar-refractivity contribution >= 4 is 32.7 Å². The van der Waals surface area contributed by atoms with Crippen LogP contribution < -0.4 is 9.64 Å². The quantitative estimate of drug-likeness (QED) is 0.491. The molecule has 1 aromatic heterocycles. The van der Waals surface area contributed by atoms with E-state index in [-0.39, 0.29) is 21.4 Å². The topological polar surface area (TPSA) is 41.5 Å². The molecule has 3 heterocycles. The lowest BCUT2D eigenvalue weighted by Crippen LogP contribution is -2.37. The highest BCUT2D eigenvalue weighted by Gasteiger charge is 2.46. The van der Waals surface area contributed by atoms with Gasteiger partial charge in [-0.05, 0) is 72.4 Å². The number of fused-ring (bicyclic) bond motifs is 3. The highest BCUT2D eigenvalue weighted by atomic mass is 79.9. The van der Waals surface area contributed by atoms with Gasteiger partial charge >= 0.3 is 6.01 Å². The average Bonchev–Trinajstić information content (AvgIpc) is 3.32. The molecule has 6 rings (SSSR count). The van der Waals surface area contributed by atoms with Gasteiger partial charge in [-0.25, -0.2) is 13.2 Å². The average molecular weight is 525 g/mol. The summed E-state index contributed by atoms with van der Waals surface area (Å²) in [4.78, 5) is 13.4. The van der Waals surface area contributed by atoms with Crippen LogP contribution in [0.1, 0.15) is 38.5 Å². The minimum absolute atomic E-state index is 0.0191. The van der Waals surface area contributed by atoms with E-state index in [1.165, 1.54) is 25.3 Å². The Labute approximate surface area is 199 Å². The number of halogens is 4. The first-order valence-electron chi connectivity index (χ1n) is 12.0. The molecule has 3 atom stereocenters. The first kappa shape index (κ1) is 21.9. The van der Waals surface area contributed by atoms with Gasteiger partial charge in [0, 0.05) is 43.5 Å². The third kappa shape index (κ3) is 4.20. The van der Waals surface area contributed by atoms with Crippen LogP contribution in [-0.4, -0.2) is 60.4 Å². The minimum Gasteiger partial charge on any atom is -0.463 e. The van der Waals surface area contributed by atoms with Crippen molar-refractivity contribution in [3.63, 3.8) is 0 Å². The predicted molar refractivity (Wildman–Crippen MR) is 123 cm³/mol. The Hall–Kier alpha value is -1.61. The van der Waals surface area contributed by atoms with Gasteiger partial charge in [-0.3, -0.25) is 4.90 Å². The zero-order valence-corrected chi connectivity index (χ0v) is 20.1. The third-order valence-electron chi connectivity index (χ3n) is 7.93. The van der Waals surface area contributed by atoms with Crippen LogP contribution in [0.2, 0.25) is 0 Å². The number of nitrogens with zero attached hydrogens (tertiary/aromatic N) is 4. The number of anilines is 1. The maximum Gasteiger partial charge on any atom is 0.319 e. The number of hydrogen-bond donors (Lipinski definition) is 0. The van der Waals surface area contributed by atoms with Gasteiger partial charge in [0.25, 0.3) is 0 Å². The summed E-state index contributed by atoms with van der Waals surface area (Å²) in [5, 5.41) is 0.383.